The fourth-order valence-electron chi connectivity index (χ4n) is 1.74. The summed E-state index contributed by atoms with van der Waals surface area (Å²) in [7, 11) is 1.57. The number of methoxy groups -OCH3 is 1. The van der Waals surface area contributed by atoms with E-state index < -0.39 is 6.23 Å². The zero-order valence-electron chi connectivity index (χ0n) is 10.8. The van der Waals surface area contributed by atoms with Gasteiger partial charge in [0, 0.05) is 19.6 Å². The molecule has 0 N–H and O–H groups in total. The SMILES string of the molecule is COCc1ncnn1C(OC(C)=O)c1ccccc1. The molecule has 1 heterocycles. The molecule has 19 heavy (non-hydrogen) atoms. The molecule has 1 aromatic heterocycles. The topological polar surface area (TPSA) is 66.2 Å². The second kappa shape index (κ2) is 6.10. The zero-order chi connectivity index (χ0) is 13.7. The van der Waals surface area contributed by atoms with Crippen LogP contribution in [-0.2, 0) is 20.9 Å². The Bertz CT molecular complexity index is 539. The Morgan fingerprint density at radius 1 is 1.37 bits per heavy atom. The van der Waals surface area contributed by atoms with Gasteiger partial charge >= 0.3 is 5.97 Å². The minimum atomic E-state index is -0.633. The second-order valence-corrected chi connectivity index (χ2v) is 3.93. The molecule has 1 atom stereocenters. The van der Waals surface area contributed by atoms with Crippen molar-refractivity contribution in [1.29, 1.82) is 0 Å². The molecule has 0 fully saturated rings. The third-order valence-electron chi connectivity index (χ3n) is 2.51. The van der Waals surface area contributed by atoms with Gasteiger partial charge in [-0.2, -0.15) is 5.10 Å². The lowest BCUT2D eigenvalue weighted by molar-refractivity contribution is -0.149. The van der Waals surface area contributed by atoms with Crippen molar-refractivity contribution < 1.29 is 14.3 Å². The van der Waals surface area contributed by atoms with Crippen LogP contribution < -0.4 is 0 Å². The molecule has 0 saturated carbocycles. The highest BCUT2D eigenvalue weighted by Crippen LogP contribution is 2.20. The van der Waals surface area contributed by atoms with E-state index >= 15 is 0 Å². The maximum absolute atomic E-state index is 11.3. The summed E-state index contributed by atoms with van der Waals surface area (Å²) in [4.78, 5) is 15.4. The van der Waals surface area contributed by atoms with Crippen LogP contribution >= 0.6 is 0 Å². The van der Waals surface area contributed by atoms with Gasteiger partial charge < -0.3 is 9.47 Å². The summed E-state index contributed by atoms with van der Waals surface area (Å²) < 4.78 is 11.9. The molecule has 6 heteroatoms. The molecule has 2 aromatic rings. The number of benzene rings is 1. The van der Waals surface area contributed by atoms with Gasteiger partial charge in [-0.3, -0.25) is 4.79 Å². The van der Waals surface area contributed by atoms with Crippen molar-refractivity contribution in [3.63, 3.8) is 0 Å². The number of esters is 1. The van der Waals surface area contributed by atoms with E-state index in [-0.39, 0.29) is 5.97 Å². The molecule has 0 aliphatic carbocycles. The molecule has 100 valence electrons. The van der Waals surface area contributed by atoms with Gasteiger partial charge in [0.15, 0.2) is 5.82 Å². The van der Waals surface area contributed by atoms with E-state index in [2.05, 4.69) is 10.1 Å². The molecule has 0 spiro atoms. The van der Waals surface area contributed by atoms with Crippen LogP contribution in [0.3, 0.4) is 0 Å². The average molecular weight is 261 g/mol. The van der Waals surface area contributed by atoms with Gasteiger partial charge in [-0.25, -0.2) is 9.67 Å². The summed E-state index contributed by atoms with van der Waals surface area (Å²) in [6.07, 6.45) is 0.777. The van der Waals surface area contributed by atoms with Crippen LogP contribution in [0.2, 0.25) is 0 Å². The lowest BCUT2D eigenvalue weighted by Crippen LogP contribution is -2.20. The largest absolute Gasteiger partial charge is 0.435 e. The van der Waals surface area contributed by atoms with Gasteiger partial charge in [-0.15, -0.1) is 0 Å². The van der Waals surface area contributed by atoms with Gasteiger partial charge in [0.1, 0.15) is 12.9 Å². The van der Waals surface area contributed by atoms with Crippen molar-refractivity contribution >= 4 is 5.97 Å². The maximum atomic E-state index is 11.3. The molecule has 0 aliphatic heterocycles. The molecule has 6 nitrogen and oxygen atoms in total. The Morgan fingerprint density at radius 2 is 2.11 bits per heavy atom. The molecule has 1 unspecified atom stereocenters. The van der Waals surface area contributed by atoms with E-state index in [1.54, 1.807) is 11.8 Å². The number of hydrogen-bond donors (Lipinski definition) is 0. The van der Waals surface area contributed by atoms with Gasteiger partial charge in [0.2, 0.25) is 6.23 Å². The fraction of sp³-hybridized carbons (Fsp3) is 0.308. The van der Waals surface area contributed by atoms with E-state index in [1.807, 2.05) is 30.3 Å². The van der Waals surface area contributed by atoms with E-state index in [0.29, 0.717) is 12.4 Å². The molecule has 0 amide bonds. The van der Waals surface area contributed by atoms with Crippen LogP contribution in [0.25, 0.3) is 0 Å². The summed E-state index contributed by atoms with van der Waals surface area (Å²) in [5.41, 5.74) is 0.820. The third kappa shape index (κ3) is 3.17. The quantitative estimate of drug-likeness (QED) is 0.764. The van der Waals surface area contributed by atoms with Crippen molar-refractivity contribution in [1.82, 2.24) is 14.8 Å². The van der Waals surface area contributed by atoms with Crippen LogP contribution in [0.15, 0.2) is 36.7 Å². The monoisotopic (exact) mass is 261 g/mol. The first-order valence-electron chi connectivity index (χ1n) is 5.82. The molecular formula is C13H15N3O3. The molecule has 2 rings (SSSR count). The van der Waals surface area contributed by atoms with Crippen LogP contribution in [0.4, 0.5) is 0 Å². The van der Waals surface area contributed by atoms with Crippen molar-refractivity contribution in [2.75, 3.05) is 7.11 Å². The van der Waals surface area contributed by atoms with Crippen LogP contribution in [-0.4, -0.2) is 27.8 Å². The average Bonchev–Trinajstić information content (AvgIpc) is 2.85. The van der Waals surface area contributed by atoms with Crippen molar-refractivity contribution in [3.8, 4) is 0 Å². The normalized spacial score (nSPS) is 12.1. The highest BCUT2D eigenvalue weighted by molar-refractivity contribution is 5.66. The van der Waals surface area contributed by atoms with Gasteiger partial charge in [0.05, 0.1) is 0 Å². The number of ether oxygens (including phenoxy) is 2. The van der Waals surface area contributed by atoms with E-state index in [0.717, 1.165) is 5.56 Å². The van der Waals surface area contributed by atoms with E-state index in [9.17, 15) is 4.79 Å². The Labute approximate surface area is 111 Å². The van der Waals surface area contributed by atoms with Crippen molar-refractivity contribution in [3.05, 3.63) is 48.0 Å². The number of nitrogens with zero attached hydrogens (tertiary/aromatic N) is 3. The Kier molecular flexibility index (Phi) is 4.25. The second-order valence-electron chi connectivity index (χ2n) is 3.93. The van der Waals surface area contributed by atoms with Crippen LogP contribution in [0.1, 0.15) is 24.5 Å². The first-order valence-corrected chi connectivity index (χ1v) is 5.82. The number of carbonyl (C=O) groups is 1. The lowest BCUT2D eigenvalue weighted by Gasteiger charge is -2.19. The Morgan fingerprint density at radius 3 is 2.74 bits per heavy atom. The first-order chi connectivity index (χ1) is 9.22. The number of carbonyl (C=O) groups excluding carboxylic acids is 1. The number of hydrogen-bond acceptors (Lipinski definition) is 5. The standard InChI is InChI=1S/C13H15N3O3/c1-10(17)19-13(11-6-4-3-5-7-11)16-12(8-18-2)14-9-15-16/h3-7,9,13H,8H2,1-2H3. The van der Waals surface area contributed by atoms with Gasteiger partial charge in [0.25, 0.3) is 0 Å². The van der Waals surface area contributed by atoms with Crippen molar-refractivity contribution in [2.24, 2.45) is 0 Å². The summed E-state index contributed by atoms with van der Waals surface area (Å²) in [5.74, 6) is 0.213. The Hall–Kier alpha value is -2.21. The molecule has 0 bridgehead atoms. The van der Waals surface area contributed by atoms with Gasteiger partial charge in [-0.05, 0) is 0 Å². The summed E-state index contributed by atoms with van der Waals surface area (Å²) in [5, 5.41) is 4.11. The predicted molar refractivity (Wildman–Crippen MR) is 67.1 cm³/mol. The molecule has 0 radical (unpaired) electrons. The predicted octanol–water partition coefficient (Wildman–Crippen LogP) is 1.53. The maximum Gasteiger partial charge on any atom is 0.304 e. The minimum Gasteiger partial charge on any atom is -0.435 e. The lowest BCUT2D eigenvalue weighted by atomic mass is 10.2. The summed E-state index contributed by atoms with van der Waals surface area (Å²) in [6.45, 7) is 1.66. The molecule has 0 saturated heterocycles. The fourth-order valence-corrected chi connectivity index (χ4v) is 1.74. The number of rotatable bonds is 5. The van der Waals surface area contributed by atoms with Crippen LogP contribution in [0.5, 0.6) is 0 Å². The van der Waals surface area contributed by atoms with Gasteiger partial charge in [-0.1, -0.05) is 30.3 Å². The van der Waals surface area contributed by atoms with Crippen LogP contribution in [0, 0.1) is 0 Å². The summed E-state index contributed by atoms with van der Waals surface area (Å²) >= 11 is 0. The Balaban J connectivity index is 2.37. The summed E-state index contributed by atoms with van der Waals surface area (Å²) in [6, 6.07) is 9.38. The zero-order valence-corrected chi connectivity index (χ0v) is 10.8. The highest BCUT2D eigenvalue weighted by atomic mass is 16.6. The highest BCUT2D eigenvalue weighted by Gasteiger charge is 2.20. The number of aromatic nitrogens is 3. The third-order valence-corrected chi connectivity index (χ3v) is 2.51. The molecular weight excluding hydrogens is 246 g/mol. The van der Waals surface area contributed by atoms with Crippen molar-refractivity contribution in [2.45, 2.75) is 19.8 Å². The van der Waals surface area contributed by atoms with E-state index in [1.165, 1.54) is 13.3 Å². The smallest absolute Gasteiger partial charge is 0.304 e. The minimum absolute atomic E-state index is 0.296. The van der Waals surface area contributed by atoms with E-state index in [4.69, 9.17) is 9.47 Å². The first kappa shape index (κ1) is 13.2. The molecule has 1 aromatic carbocycles. The molecule has 0 aliphatic rings.